The number of aliphatic hydroxyl groups is 1. The van der Waals surface area contributed by atoms with Gasteiger partial charge in [0.25, 0.3) is 5.91 Å². The molecule has 1 aromatic carbocycles. The number of hydrogen-bond donors (Lipinski definition) is 2. The molecule has 0 aliphatic heterocycles. The highest BCUT2D eigenvalue weighted by Gasteiger charge is 2.41. The van der Waals surface area contributed by atoms with E-state index in [-0.39, 0.29) is 22.6 Å². The molecule has 1 amide bonds. The summed E-state index contributed by atoms with van der Waals surface area (Å²) in [6.45, 7) is 0.597. The van der Waals surface area contributed by atoms with Crippen LogP contribution in [-0.2, 0) is 0 Å². The number of benzene rings is 1. The third kappa shape index (κ3) is 3.00. The largest absolute Gasteiger partial charge is 0.396 e. The Morgan fingerprint density at radius 3 is 2.78 bits per heavy atom. The van der Waals surface area contributed by atoms with Crippen molar-refractivity contribution in [2.45, 2.75) is 19.3 Å². The van der Waals surface area contributed by atoms with Crippen LogP contribution in [0.15, 0.2) is 18.2 Å². The lowest BCUT2D eigenvalue weighted by Gasteiger charge is -2.14. The van der Waals surface area contributed by atoms with Crippen molar-refractivity contribution in [1.29, 1.82) is 0 Å². The first kappa shape index (κ1) is 13.3. The molecule has 0 unspecified atom stereocenters. The molecule has 3 nitrogen and oxygen atoms in total. The number of nitrogens with one attached hydrogen (secondary N) is 1. The molecular formula is C13H15ClFNO2. The summed E-state index contributed by atoms with van der Waals surface area (Å²) in [5.41, 5.74) is 0.0204. The van der Waals surface area contributed by atoms with Crippen LogP contribution >= 0.6 is 11.6 Å². The van der Waals surface area contributed by atoms with Gasteiger partial charge in [0.2, 0.25) is 0 Å². The standard InChI is InChI=1S/C13H15ClFNO2/c14-9-1-2-10(11(15)7-9)12(18)16-8-13(3-4-13)5-6-17/h1-2,7,17H,3-6,8H2,(H,16,18). The van der Waals surface area contributed by atoms with E-state index in [1.165, 1.54) is 12.1 Å². The fraction of sp³-hybridized carbons (Fsp3) is 0.462. The Labute approximate surface area is 110 Å². The second-order valence-electron chi connectivity index (χ2n) is 4.78. The first-order chi connectivity index (χ1) is 8.56. The monoisotopic (exact) mass is 271 g/mol. The molecule has 0 bridgehead atoms. The van der Waals surface area contributed by atoms with Crippen molar-refractivity contribution in [3.63, 3.8) is 0 Å². The van der Waals surface area contributed by atoms with E-state index in [4.69, 9.17) is 16.7 Å². The summed E-state index contributed by atoms with van der Waals surface area (Å²) in [6.07, 6.45) is 2.67. The Morgan fingerprint density at radius 2 is 2.22 bits per heavy atom. The van der Waals surface area contributed by atoms with Gasteiger partial charge in [-0.25, -0.2) is 4.39 Å². The quantitative estimate of drug-likeness (QED) is 0.864. The van der Waals surface area contributed by atoms with Gasteiger partial charge >= 0.3 is 0 Å². The third-order valence-corrected chi connectivity index (χ3v) is 3.63. The highest BCUT2D eigenvalue weighted by atomic mass is 35.5. The van der Waals surface area contributed by atoms with Crippen molar-refractivity contribution >= 4 is 17.5 Å². The van der Waals surface area contributed by atoms with Gasteiger partial charge in [0, 0.05) is 18.2 Å². The van der Waals surface area contributed by atoms with Crippen molar-refractivity contribution < 1.29 is 14.3 Å². The van der Waals surface area contributed by atoms with Gasteiger partial charge in [-0.05, 0) is 42.9 Å². The maximum Gasteiger partial charge on any atom is 0.254 e. The summed E-state index contributed by atoms with van der Waals surface area (Å²) < 4.78 is 13.5. The van der Waals surface area contributed by atoms with E-state index in [1.54, 1.807) is 0 Å². The Balaban J connectivity index is 1.96. The topological polar surface area (TPSA) is 49.3 Å². The molecule has 1 aromatic rings. The number of halogens is 2. The molecular weight excluding hydrogens is 257 g/mol. The zero-order valence-electron chi connectivity index (χ0n) is 9.88. The normalized spacial score (nSPS) is 16.4. The van der Waals surface area contributed by atoms with Crippen LogP contribution in [0.1, 0.15) is 29.6 Å². The maximum absolute atomic E-state index is 13.5. The molecule has 0 saturated heterocycles. The molecule has 0 heterocycles. The second kappa shape index (κ2) is 5.24. The van der Waals surface area contributed by atoms with Gasteiger partial charge in [0.15, 0.2) is 0 Å². The van der Waals surface area contributed by atoms with Gasteiger partial charge in [0.1, 0.15) is 5.82 Å². The second-order valence-corrected chi connectivity index (χ2v) is 5.22. The minimum Gasteiger partial charge on any atom is -0.396 e. The van der Waals surface area contributed by atoms with Crippen molar-refractivity contribution in [2.24, 2.45) is 5.41 Å². The average molecular weight is 272 g/mol. The zero-order valence-corrected chi connectivity index (χ0v) is 10.6. The van der Waals surface area contributed by atoms with E-state index in [9.17, 15) is 9.18 Å². The molecule has 2 N–H and O–H groups in total. The summed E-state index contributed by atoms with van der Waals surface area (Å²) in [6, 6.07) is 3.98. The smallest absolute Gasteiger partial charge is 0.254 e. The lowest BCUT2D eigenvalue weighted by molar-refractivity contribution is 0.0937. The zero-order chi connectivity index (χ0) is 13.2. The van der Waals surface area contributed by atoms with Gasteiger partial charge in [-0.1, -0.05) is 11.6 Å². The Morgan fingerprint density at radius 1 is 1.50 bits per heavy atom. The number of amides is 1. The lowest BCUT2D eigenvalue weighted by atomic mass is 10.0. The molecule has 0 aromatic heterocycles. The molecule has 1 fully saturated rings. The summed E-state index contributed by atoms with van der Waals surface area (Å²) in [5, 5.41) is 11.9. The Kier molecular flexibility index (Phi) is 3.88. The number of carbonyl (C=O) groups is 1. The molecule has 0 atom stereocenters. The molecule has 2 rings (SSSR count). The van der Waals surface area contributed by atoms with Crippen LogP contribution in [0.2, 0.25) is 5.02 Å². The highest BCUT2D eigenvalue weighted by Crippen LogP contribution is 2.47. The van der Waals surface area contributed by atoms with Crippen LogP contribution in [0.25, 0.3) is 0 Å². The molecule has 98 valence electrons. The van der Waals surface area contributed by atoms with E-state index >= 15 is 0 Å². The fourth-order valence-corrected chi connectivity index (χ4v) is 2.12. The van der Waals surface area contributed by atoms with Crippen molar-refractivity contribution in [1.82, 2.24) is 5.32 Å². The first-order valence-corrected chi connectivity index (χ1v) is 6.28. The summed E-state index contributed by atoms with van der Waals surface area (Å²) >= 11 is 5.62. The van der Waals surface area contributed by atoms with E-state index < -0.39 is 11.7 Å². The Bertz CT molecular complexity index is 460. The van der Waals surface area contributed by atoms with Gasteiger partial charge in [0.05, 0.1) is 5.56 Å². The minimum atomic E-state index is -0.619. The van der Waals surface area contributed by atoms with Gasteiger partial charge in [-0.15, -0.1) is 0 Å². The molecule has 0 radical (unpaired) electrons. The predicted molar refractivity (Wildman–Crippen MR) is 67.1 cm³/mol. The van der Waals surface area contributed by atoms with E-state index in [0.717, 1.165) is 18.9 Å². The summed E-state index contributed by atoms with van der Waals surface area (Å²) in [4.78, 5) is 11.8. The maximum atomic E-state index is 13.5. The van der Waals surface area contributed by atoms with Crippen molar-refractivity contribution in [3.05, 3.63) is 34.6 Å². The van der Waals surface area contributed by atoms with Crippen LogP contribution < -0.4 is 5.32 Å². The molecule has 18 heavy (non-hydrogen) atoms. The summed E-state index contributed by atoms with van der Waals surface area (Å²) in [7, 11) is 0. The van der Waals surface area contributed by atoms with E-state index in [1.807, 2.05) is 0 Å². The summed E-state index contributed by atoms with van der Waals surface area (Å²) in [5.74, 6) is -1.06. The third-order valence-electron chi connectivity index (χ3n) is 3.40. The Hall–Kier alpha value is -1.13. The van der Waals surface area contributed by atoms with Crippen LogP contribution in [0.5, 0.6) is 0 Å². The van der Waals surface area contributed by atoms with Gasteiger partial charge < -0.3 is 10.4 Å². The SMILES string of the molecule is O=C(NCC1(CCO)CC1)c1ccc(Cl)cc1F. The number of carbonyl (C=O) groups excluding carboxylic acids is 1. The van der Waals surface area contributed by atoms with E-state index in [0.29, 0.717) is 13.0 Å². The number of hydrogen-bond acceptors (Lipinski definition) is 2. The molecule has 1 saturated carbocycles. The fourth-order valence-electron chi connectivity index (χ4n) is 1.97. The number of aliphatic hydroxyl groups excluding tert-OH is 1. The van der Waals surface area contributed by atoms with E-state index in [2.05, 4.69) is 5.32 Å². The average Bonchev–Trinajstić information content (AvgIpc) is 3.07. The minimum absolute atomic E-state index is 0.000742. The van der Waals surface area contributed by atoms with Crippen molar-refractivity contribution in [3.8, 4) is 0 Å². The van der Waals surface area contributed by atoms with Crippen molar-refractivity contribution in [2.75, 3.05) is 13.2 Å². The van der Waals surface area contributed by atoms with Gasteiger partial charge in [-0.3, -0.25) is 4.79 Å². The van der Waals surface area contributed by atoms with Crippen LogP contribution in [0.3, 0.4) is 0 Å². The molecule has 0 spiro atoms. The van der Waals surface area contributed by atoms with Gasteiger partial charge in [-0.2, -0.15) is 0 Å². The number of rotatable bonds is 5. The molecule has 1 aliphatic rings. The van der Waals surface area contributed by atoms with Crippen LogP contribution in [0, 0.1) is 11.2 Å². The van der Waals surface area contributed by atoms with Crippen LogP contribution in [-0.4, -0.2) is 24.2 Å². The molecule has 1 aliphatic carbocycles. The molecule has 5 heteroatoms. The van der Waals surface area contributed by atoms with Crippen LogP contribution in [0.4, 0.5) is 4.39 Å². The predicted octanol–water partition coefficient (Wildman–Crippen LogP) is 2.37. The first-order valence-electron chi connectivity index (χ1n) is 5.90. The lowest BCUT2D eigenvalue weighted by Crippen LogP contribution is -2.31. The highest BCUT2D eigenvalue weighted by molar-refractivity contribution is 6.30.